The van der Waals surface area contributed by atoms with Crippen molar-refractivity contribution >= 4 is 83.8 Å². The zero-order chi connectivity index (χ0) is 43.4. The summed E-state index contributed by atoms with van der Waals surface area (Å²) in [5.74, 6) is -3.26. The van der Waals surface area contributed by atoms with E-state index in [0.29, 0.717) is 75.0 Å². The first kappa shape index (κ1) is 45.2. The highest BCUT2D eigenvalue weighted by molar-refractivity contribution is 7.95. The monoisotopic (exact) mass is 873 g/mol. The number of ether oxygens (including phenoxy) is 1. The summed E-state index contributed by atoms with van der Waals surface area (Å²) in [7, 11) is -8.29. The lowest BCUT2D eigenvalue weighted by Crippen LogP contribution is -2.39. The lowest BCUT2D eigenvalue weighted by atomic mass is 10.0. The van der Waals surface area contributed by atoms with Gasteiger partial charge in [-0.2, -0.15) is 0 Å². The average molecular weight is 874 g/mol. The maximum atomic E-state index is 13.1. The van der Waals surface area contributed by atoms with E-state index < -0.39 is 55.4 Å². The van der Waals surface area contributed by atoms with Crippen LogP contribution in [0, 0.1) is 13.8 Å². The van der Waals surface area contributed by atoms with Crippen LogP contribution in [0.2, 0.25) is 0 Å². The molecule has 2 aromatic heterocycles. The van der Waals surface area contributed by atoms with E-state index in [1.807, 2.05) is 11.6 Å². The third-order valence-corrected chi connectivity index (χ3v) is 16.0. The molecule has 6 N–H and O–H groups in total. The number of nitrogens with one attached hydrogen (secondary N) is 6. The number of hydrogen-bond acceptors (Lipinski definition) is 13. The molecule has 320 valence electrons. The number of carbonyl (C=O) groups is 5. The van der Waals surface area contributed by atoms with Gasteiger partial charge in [0, 0.05) is 59.4 Å². The van der Waals surface area contributed by atoms with Gasteiger partial charge in [-0.1, -0.05) is 20.8 Å². The Kier molecular flexibility index (Phi) is 14.2. The van der Waals surface area contributed by atoms with E-state index in [9.17, 15) is 40.8 Å². The normalized spacial score (nSPS) is 18.2. The molecule has 4 amide bonds. The Balaban J connectivity index is 1.17. The van der Waals surface area contributed by atoms with Crippen molar-refractivity contribution in [2.24, 2.45) is 0 Å². The van der Waals surface area contributed by atoms with Gasteiger partial charge in [0.1, 0.15) is 8.42 Å². The van der Waals surface area contributed by atoms with Crippen molar-refractivity contribution < 1.29 is 45.5 Å². The molecule has 3 atom stereocenters. The number of benzene rings is 1. The number of likely N-dealkylation sites (N-methyl/N-ethyl adjacent to an activating group) is 1. The van der Waals surface area contributed by atoms with E-state index in [0.717, 1.165) is 19.6 Å². The first-order valence-corrected chi connectivity index (χ1v) is 23.2. The third kappa shape index (κ3) is 10.1. The van der Waals surface area contributed by atoms with Crippen LogP contribution in [0.15, 0.2) is 32.7 Å². The standard InChI is InChI=1S/C39H51N7O10S3/c1-8-40-31-17-21(4)58(52,53)39-28(31)20-34(57-39)59(54,55)45-36(49)24(7)56-33(48)14-13-32(47)43-25-11-12-29-26(18-25)27(37(50)44-29)19-30-22(5)35(23(6)42-30)38(51)41-15-16-46(9-2)10-3/h11-12,18-21,24,31,40,42H,8-10,13-17H2,1-7H3,(H,41,51)(H,43,47)(H,44,50)(H,45,49)/b27-19-/t21-,24?,31-/m0/s1. The molecular weight excluding hydrogens is 823 g/mol. The van der Waals surface area contributed by atoms with Crippen molar-refractivity contribution in [2.75, 3.05) is 43.4 Å². The number of aryl methyl sites for hydroxylation is 1. The van der Waals surface area contributed by atoms with Crippen molar-refractivity contribution in [3.63, 3.8) is 0 Å². The van der Waals surface area contributed by atoms with Crippen LogP contribution >= 0.6 is 11.3 Å². The largest absolute Gasteiger partial charge is 0.452 e. The number of thiophene rings is 1. The molecule has 0 saturated heterocycles. The Morgan fingerprint density at radius 1 is 1.08 bits per heavy atom. The summed E-state index contributed by atoms with van der Waals surface area (Å²) in [5.41, 5.74) is 4.40. The number of aromatic nitrogens is 1. The predicted octanol–water partition coefficient (Wildman–Crippen LogP) is 3.63. The van der Waals surface area contributed by atoms with Gasteiger partial charge >= 0.3 is 5.97 Å². The number of aromatic amines is 1. The van der Waals surface area contributed by atoms with Gasteiger partial charge in [-0.05, 0) is 89.7 Å². The Morgan fingerprint density at radius 3 is 2.47 bits per heavy atom. The summed E-state index contributed by atoms with van der Waals surface area (Å²) in [4.78, 5) is 69.8. The number of hydrogen-bond donors (Lipinski definition) is 6. The van der Waals surface area contributed by atoms with Gasteiger partial charge in [0.2, 0.25) is 5.91 Å². The van der Waals surface area contributed by atoms with Crippen LogP contribution < -0.4 is 26.0 Å². The number of rotatable bonds is 17. The summed E-state index contributed by atoms with van der Waals surface area (Å²) in [6.45, 7) is 15.8. The first-order valence-electron chi connectivity index (χ1n) is 19.3. The second kappa shape index (κ2) is 18.6. The van der Waals surface area contributed by atoms with E-state index in [-0.39, 0.29) is 39.1 Å². The molecule has 0 saturated carbocycles. The molecule has 1 aromatic carbocycles. The number of anilines is 2. The Bertz CT molecular complexity index is 2400. The van der Waals surface area contributed by atoms with Crippen LogP contribution in [0.25, 0.3) is 11.6 Å². The second-order valence-electron chi connectivity index (χ2n) is 14.4. The first-order chi connectivity index (χ1) is 27.8. The molecule has 0 fully saturated rings. The quantitative estimate of drug-likeness (QED) is 0.0842. The molecule has 4 heterocycles. The highest BCUT2D eigenvalue weighted by Gasteiger charge is 2.40. The maximum absolute atomic E-state index is 13.1. The molecule has 20 heteroatoms. The number of carbonyl (C=O) groups excluding carboxylic acids is 5. The van der Waals surface area contributed by atoms with Crippen LogP contribution in [-0.2, 0) is 43.8 Å². The summed E-state index contributed by atoms with van der Waals surface area (Å²) >= 11 is 0.553. The number of H-pyrrole nitrogens is 1. The van der Waals surface area contributed by atoms with Gasteiger partial charge < -0.3 is 35.9 Å². The van der Waals surface area contributed by atoms with E-state index >= 15 is 0 Å². The van der Waals surface area contributed by atoms with Crippen molar-refractivity contribution in [1.29, 1.82) is 0 Å². The molecule has 2 aliphatic heterocycles. The van der Waals surface area contributed by atoms with Crippen molar-refractivity contribution in [1.82, 2.24) is 25.2 Å². The number of nitrogens with zero attached hydrogens (tertiary/aromatic N) is 1. The lowest BCUT2D eigenvalue weighted by molar-refractivity contribution is -0.154. The average Bonchev–Trinajstić information content (AvgIpc) is 3.85. The number of esters is 1. The zero-order valence-corrected chi connectivity index (χ0v) is 36.5. The SMILES string of the molecule is CCN[C@H]1C[C@H](C)S(=O)(=O)c2sc(S(=O)(=O)NC(=O)C(C)OC(=O)CCC(=O)Nc3ccc4c(c3)/C(=C/c3[nH]c(C)c(C(=O)NCCN(CC)CC)c3C)C(=O)N4)cc21. The van der Waals surface area contributed by atoms with Crippen LogP contribution in [0.5, 0.6) is 0 Å². The number of sulfonamides is 1. The fourth-order valence-corrected chi connectivity index (χ4v) is 12.0. The van der Waals surface area contributed by atoms with Gasteiger partial charge in [0.15, 0.2) is 15.9 Å². The molecule has 0 spiro atoms. The molecule has 1 unspecified atom stereocenters. The second-order valence-corrected chi connectivity index (χ2v) is 19.9. The summed E-state index contributed by atoms with van der Waals surface area (Å²) in [6, 6.07) is 5.67. The molecule has 2 aliphatic rings. The van der Waals surface area contributed by atoms with Gasteiger partial charge in [-0.25, -0.2) is 21.6 Å². The number of fused-ring (bicyclic) bond motifs is 2. The van der Waals surface area contributed by atoms with Crippen LogP contribution in [0.1, 0.15) is 98.4 Å². The van der Waals surface area contributed by atoms with Crippen LogP contribution in [-0.4, -0.2) is 100 Å². The molecule has 0 radical (unpaired) electrons. The number of amides is 4. The number of sulfone groups is 1. The maximum Gasteiger partial charge on any atom is 0.307 e. The Hall–Kier alpha value is -4.89. The lowest BCUT2D eigenvalue weighted by Gasteiger charge is -2.27. The van der Waals surface area contributed by atoms with E-state index in [1.54, 1.807) is 45.0 Å². The highest BCUT2D eigenvalue weighted by atomic mass is 32.3. The minimum atomic E-state index is -4.52. The third-order valence-electron chi connectivity index (χ3n) is 10.3. The molecule has 0 aliphatic carbocycles. The fourth-order valence-electron chi connectivity index (χ4n) is 6.95. The van der Waals surface area contributed by atoms with E-state index in [2.05, 4.69) is 45.0 Å². The summed E-state index contributed by atoms with van der Waals surface area (Å²) in [6.07, 6.45) is -0.432. The Morgan fingerprint density at radius 2 is 1.80 bits per heavy atom. The molecule has 0 bridgehead atoms. The van der Waals surface area contributed by atoms with Crippen molar-refractivity contribution in [3.8, 4) is 0 Å². The fraction of sp³-hybridized carbons (Fsp3) is 0.462. The van der Waals surface area contributed by atoms with E-state index in [4.69, 9.17) is 4.74 Å². The Labute approximate surface area is 348 Å². The molecular formula is C39H51N7O10S3. The molecule has 17 nitrogen and oxygen atoms in total. The molecule has 59 heavy (non-hydrogen) atoms. The van der Waals surface area contributed by atoms with Gasteiger partial charge in [-0.3, -0.25) is 24.0 Å². The summed E-state index contributed by atoms with van der Waals surface area (Å²) < 4.78 is 58.7. The molecule has 5 rings (SSSR count). The predicted molar refractivity (Wildman–Crippen MR) is 224 cm³/mol. The minimum Gasteiger partial charge on any atom is -0.452 e. The van der Waals surface area contributed by atoms with Crippen molar-refractivity contribution in [3.05, 3.63) is 57.9 Å². The molecule has 3 aromatic rings. The zero-order valence-electron chi connectivity index (χ0n) is 34.0. The van der Waals surface area contributed by atoms with E-state index in [1.165, 1.54) is 13.0 Å². The van der Waals surface area contributed by atoms with Crippen molar-refractivity contribution in [2.45, 2.75) is 93.5 Å². The summed E-state index contributed by atoms with van der Waals surface area (Å²) in [5, 5.41) is 10.9. The smallest absolute Gasteiger partial charge is 0.307 e. The van der Waals surface area contributed by atoms with Gasteiger partial charge in [0.05, 0.1) is 22.8 Å². The highest BCUT2D eigenvalue weighted by Crippen LogP contribution is 2.43. The van der Waals surface area contributed by atoms with Gasteiger partial charge in [-0.15, -0.1) is 11.3 Å². The van der Waals surface area contributed by atoms with Crippen LogP contribution in [0.3, 0.4) is 0 Å². The van der Waals surface area contributed by atoms with Crippen LogP contribution in [0.4, 0.5) is 11.4 Å². The topological polar surface area (TPSA) is 242 Å². The van der Waals surface area contributed by atoms with Gasteiger partial charge in [0.25, 0.3) is 27.7 Å². The minimum absolute atomic E-state index is 0.0747.